The summed E-state index contributed by atoms with van der Waals surface area (Å²) < 4.78 is 0. The molecule has 1 fully saturated rings. The quantitative estimate of drug-likeness (QED) is 0.0803. The first-order chi connectivity index (χ1) is 32.7. The minimum Gasteiger partial charge on any atom is -0.234 e. The normalized spacial score (nSPS) is 15.0. The van der Waals surface area contributed by atoms with E-state index in [0.717, 1.165) is 13.1 Å². The molecule has 0 saturated carbocycles. The van der Waals surface area contributed by atoms with Gasteiger partial charge in [-0.2, -0.15) is 5.26 Å². The van der Waals surface area contributed by atoms with Gasteiger partial charge in [-0.25, -0.2) is 9.80 Å². The molecule has 1 aliphatic rings. The molecular weight excluding hydrogens is 933 g/mol. The van der Waals surface area contributed by atoms with Gasteiger partial charge in [0, 0.05) is 42.9 Å². The van der Waals surface area contributed by atoms with Crippen molar-refractivity contribution in [3.05, 3.63) is 254 Å². The van der Waals surface area contributed by atoms with Gasteiger partial charge in [-0.15, -0.1) is 0 Å². The Morgan fingerprint density at radius 3 is 0.866 bits per heavy atom. The minimum absolute atomic E-state index is 0. The molecule has 1 aliphatic heterocycles. The van der Waals surface area contributed by atoms with Crippen molar-refractivity contribution in [1.82, 2.24) is 9.80 Å². The number of hydrogen-bond acceptors (Lipinski definition) is 3. The zero-order valence-electron chi connectivity index (χ0n) is 38.6. The number of nitrogens with zero attached hydrogens (tertiary/aromatic N) is 3. The van der Waals surface area contributed by atoms with Crippen LogP contribution in [-0.2, 0) is 29.6 Å². The Kier molecular flexibility index (Phi) is 22.6. The van der Waals surface area contributed by atoms with E-state index < -0.39 is 31.7 Å². The fraction of sp³-hybridized carbons (Fsp3) is 0.169. The molecule has 67 heavy (non-hydrogen) atoms. The molecule has 342 valence electrons. The van der Waals surface area contributed by atoms with Gasteiger partial charge in [-0.05, 0) is 83.9 Å². The van der Waals surface area contributed by atoms with Crippen LogP contribution in [-0.4, -0.2) is 47.3 Å². The van der Waals surface area contributed by atoms with Crippen LogP contribution >= 0.6 is 31.7 Å². The molecule has 0 atom stereocenters. The monoisotopic (exact) mass is 997 g/mol. The summed E-state index contributed by atoms with van der Waals surface area (Å²) in [7, 11) is -2.99. The van der Waals surface area contributed by atoms with Crippen molar-refractivity contribution < 1.29 is 16.5 Å². The van der Waals surface area contributed by atoms with Crippen molar-refractivity contribution in [3.63, 3.8) is 0 Å². The number of rotatable bonds is 14. The molecule has 0 spiro atoms. The Labute approximate surface area is 416 Å². The van der Waals surface area contributed by atoms with Gasteiger partial charge in [0.05, 0.1) is 81.9 Å². The average molecular weight is 999 g/mol. The van der Waals surface area contributed by atoms with E-state index in [1.54, 1.807) is 16.7 Å². The molecule has 3 nitrogen and oxygen atoms in total. The van der Waals surface area contributed by atoms with Crippen LogP contribution in [0, 0.1) is 11.3 Å². The zero-order chi connectivity index (χ0) is 45.4. The molecule has 0 amide bonds. The van der Waals surface area contributed by atoms with Gasteiger partial charge in [0.2, 0.25) is 0 Å². The molecule has 0 N–H and O–H groups in total. The second-order valence-electron chi connectivity index (χ2n) is 16.7. The Morgan fingerprint density at radius 2 is 0.612 bits per heavy atom. The number of hydrogen-bond donors (Lipinski definition) is 0. The minimum atomic E-state index is -0.755. The van der Waals surface area contributed by atoms with Crippen molar-refractivity contribution in [2.45, 2.75) is 26.4 Å². The molecule has 1 saturated heterocycles. The van der Waals surface area contributed by atoms with Gasteiger partial charge in [0.25, 0.3) is 0 Å². The summed E-state index contributed by atoms with van der Waals surface area (Å²) in [4.78, 5) is 5.55. The van der Waals surface area contributed by atoms with Crippen molar-refractivity contribution in [2.75, 3.05) is 37.5 Å². The van der Waals surface area contributed by atoms with Crippen LogP contribution in [0.4, 0.5) is 0 Å². The molecule has 8 heteroatoms. The van der Waals surface area contributed by atoms with Crippen molar-refractivity contribution in [1.29, 1.82) is 5.26 Å². The van der Waals surface area contributed by atoms with E-state index in [4.69, 9.17) is 5.26 Å². The predicted octanol–water partition coefficient (Wildman–Crippen LogP) is 11.5. The number of benzene rings is 8. The largest absolute Gasteiger partial charge is 0.234 e. The fourth-order valence-electron chi connectivity index (χ4n) is 8.82. The Balaban J connectivity index is 0.000000208. The van der Waals surface area contributed by atoms with Crippen LogP contribution in [0.5, 0.6) is 0 Å². The van der Waals surface area contributed by atoms with Gasteiger partial charge < -0.3 is 0 Å². The first kappa shape index (κ1) is 51.8. The summed E-state index contributed by atoms with van der Waals surface area (Å²) in [6.45, 7) is 3.52. The Morgan fingerprint density at radius 1 is 0.388 bits per heavy atom. The summed E-state index contributed by atoms with van der Waals surface area (Å²) in [5.74, 6) is 0. The van der Waals surface area contributed by atoms with Gasteiger partial charge >= 0.3 is 0 Å². The topological polar surface area (TPSA) is 30.3 Å². The maximum Gasteiger partial charge on any atom is 0.118 e. The van der Waals surface area contributed by atoms with E-state index in [2.05, 4.69) is 252 Å². The van der Waals surface area contributed by atoms with Crippen LogP contribution in [0.3, 0.4) is 0 Å². The predicted molar refractivity (Wildman–Crippen MR) is 299 cm³/mol. The fourth-order valence-corrected chi connectivity index (χ4v) is 20.2. The van der Waals surface area contributed by atoms with Crippen LogP contribution in [0.1, 0.15) is 24.5 Å². The van der Waals surface area contributed by atoms with Crippen molar-refractivity contribution in [3.8, 4) is 6.07 Å². The van der Waals surface area contributed by atoms with Gasteiger partial charge in [0.15, 0.2) is 0 Å². The van der Waals surface area contributed by atoms with E-state index in [9.17, 15) is 0 Å². The zero-order valence-corrected chi connectivity index (χ0v) is 43.6. The Bertz CT molecular complexity index is 2290. The molecule has 8 aromatic rings. The summed E-state index contributed by atoms with van der Waals surface area (Å²) in [6.07, 6.45) is 8.60. The third kappa shape index (κ3) is 16.8. The molecule has 0 bridgehead atoms. The first-order valence-corrected chi connectivity index (χ1v) is 30.5. The molecule has 0 radical (unpaired) electrons. The van der Waals surface area contributed by atoms with Crippen LogP contribution in [0.25, 0.3) is 0 Å². The third-order valence-corrected chi connectivity index (χ3v) is 23.3. The number of nitriles is 1. The summed E-state index contributed by atoms with van der Waals surface area (Å²) in [6, 6.07) is 91.0. The van der Waals surface area contributed by atoms with E-state index in [0.29, 0.717) is 0 Å². The second kappa shape index (κ2) is 29.3. The second-order valence-corrected chi connectivity index (χ2v) is 26.8. The molecule has 8 aromatic carbocycles. The maximum atomic E-state index is 7.32. The van der Waals surface area contributed by atoms with E-state index >= 15 is 0 Å². The first-order valence-electron chi connectivity index (χ1n) is 23.2. The van der Waals surface area contributed by atoms with Crippen LogP contribution < -0.4 is 31.8 Å². The van der Waals surface area contributed by atoms with E-state index in [1.807, 2.05) is 0 Å². The molecule has 0 unspecified atom stereocenters. The van der Waals surface area contributed by atoms with Crippen molar-refractivity contribution in [2.24, 2.45) is 0 Å². The van der Waals surface area contributed by atoms with Gasteiger partial charge in [-0.1, -0.05) is 170 Å². The third-order valence-electron chi connectivity index (χ3n) is 11.9. The average Bonchev–Trinajstić information content (AvgIpc) is 3.38. The standard InChI is InChI=1S/C30H32N2P2.C27H26P2.C2H3N.Ni/c1-5-13-27(14-6-1)21-31-23-33(29-17-9-3-10-18-29)25-32(22-28-15-7-2-8-16-28)26-34(24-31)30-19-11-4-12-20-30;1-5-14-24(15-6-1)28(25-16-7-2-8-17-25)22-13-23-29(26-18-9-3-10-19-26)27-20-11-4-12-21-27;1-2-3;/h1-20H,21-26H2;1-12,14-21H,13,22-23H2;1H3;/p+4. The van der Waals surface area contributed by atoms with Crippen LogP contribution in [0.2, 0.25) is 0 Å². The molecule has 1 heterocycles. The molecular formula is C59H65N3NiP4+4. The SMILES string of the molecule is CC#N.[Ni].c1ccc(CN2C[PH+](c3ccccc3)CN(Cc3ccccc3)C[PH+](c3ccccc3)C2)cc1.c1ccc([PH+](CCC[PH+](c2ccccc2)c2ccccc2)c2ccccc2)cc1. The summed E-state index contributed by atoms with van der Waals surface area (Å²) >= 11 is 0. The van der Waals surface area contributed by atoms with Gasteiger partial charge in [-0.3, -0.25) is 0 Å². The van der Waals surface area contributed by atoms with Crippen molar-refractivity contribution >= 4 is 63.5 Å². The van der Waals surface area contributed by atoms with E-state index in [-0.39, 0.29) is 16.5 Å². The Hall–Kier alpha value is -4.62. The van der Waals surface area contributed by atoms with Gasteiger partial charge in [0.1, 0.15) is 25.1 Å². The summed E-state index contributed by atoms with van der Waals surface area (Å²) in [5.41, 5.74) is 2.85. The maximum absolute atomic E-state index is 7.32. The molecule has 0 aromatic heterocycles. The molecule has 0 aliphatic carbocycles. The molecule has 9 rings (SSSR count). The van der Waals surface area contributed by atoms with E-state index in [1.165, 1.54) is 83.2 Å². The summed E-state index contributed by atoms with van der Waals surface area (Å²) in [5, 5.41) is 16.5. The van der Waals surface area contributed by atoms with Crippen LogP contribution in [0.15, 0.2) is 243 Å². The smallest absolute Gasteiger partial charge is 0.118 e.